The van der Waals surface area contributed by atoms with Gasteiger partial charge < -0.3 is 20.1 Å². The van der Waals surface area contributed by atoms with Crippen LogP contribution in [0.25, 0.3) is 0 Å². The molecule has 60 heavy (non-hydrogen) atoms. The largest absolute Gasteiger partial charge is 0.472 e. The molecular weight excluding hydrogens is 774 g/mol. The Kier molecular flexibility index (Phi) is 44.5. The van der Waals surface area contributed by atoms with Crippen molar-refractivity contribution in [1.29, 1.82) is 0 Å². The molecule has 0 heterocycles. The Morgan fingerprint density at radius 2 is 0.950 bits per heavy atom. The summed E-state index contributed by atoms with van der Waals surface area (Å²) in [5.74, 6) is -0.546. The molecule has 0 aliphatic heterocycles. The van der Waals surface area contributed by atoms with Gasteiger partial charge in [-0.25, -0.2) is 4.57 Å². The van der Waals surface area contributed by atoms with Crippen LogP contribution in [0.4, 0.5) is 0 Å². The number of amides is 1. The Morgan fingerprint density at radius 1 is 0.533 bits per heavy atom. The average molecular weight is 864 g/mol. The van der Waals surface area contributed by atoms with Gasteiger partial charge in [-0.3, -0.25) is 18.6 Å². The monoisotopic (exact) mass is 864 g/mol. The second-order valence-electron chi connectivity index (χ2n) is 16.1. The van der Waals surface area contributed by atoms with Gasteiger partial charge in [0.2, 0.25) is 5.91 Å². The molecule has 348 valence electrons. The van der Waals surface area contributed by atoms with Crippen molar-refractivity contribution in [1.82, 2.24) is 5.32 Å². The number of ether oxygens (including phenoxy) is 1. The first-order valence-electron chi connectivity index (χ1n) is 24.3. The van der Waals surface area contributed by atoms with Gasteiger partial charge in [-0.05, 0) is 57.8 Å². The van der Waals surface area contributed by atoms with Gasteiger partial charge in [-0.1, -0.05) is 203 Å². The number of carbonyl (C=O) groups excluding carboxylic acids is 2. The summed E-state index contributed by atoms with van der Waals surface area (Å²) < 4.78 is 26.9. The van der Waals surface area contributed by atoms with Crippen LogP contribution < -0.4 is 5.32 Å². The molecule has 2 unspecified atom stereocenters. The minimum absolute atomic E-state index is 0.0778. The predicted octanol–water partition coefficient (Wildman–Crippen LogP) is 14.1. The third-order valence-corrected chi connectivity index (χ3v) is 11.2. The zero-order chi connectivity index (χ0) is 43.9. The van der Waals surface area contributed by atoms with Crippen molar-refractivity contribution >= 4 is 19.7 Å². The lowest BCUT2D eigenvalue weighted by molar-refractivity contribution is -0.147. The number of carbonyl (C=O) groups is 2. The van der Waals surface area contributed by atoms with E-state index in [4.69, 9.17) is 13.8 Å². The van der Waals surface area contributed by atoms with E-state index in [0.717, 1.165) is 70.6 Å². The summed E-state index contributed by atoms with van der Waals surface area (Å²) in [4.78, 5) is 34.0. The van der Waals surface area contributed by atoms with Crippen LogP contribution >= 0.6 is 7.82 Å². The quantitative estimate of drug-likeness (QED) is 0.0239. The van der Waals surface area contributed by atoms with Crippen molar-refractivity contribution in [3.05, 3.63) is 60.8 Å². The maximum atomic E-state index is 12.1. The third kappa shape index (κ3) is 46.8. The molecule has 10 heteroatoms. The van der Waals surface area contributed by atoms with Crippen LogP contribution in [0.1, 0.15) is 213 Å². The Morgan fingerprint density at radius 3 is 1.43 bits per heavy atom. The van der Waals surface area contributed by atoms with Crippen LogP contribution in [0.2, 0.25) is 0 Å². The third-order valence-electron chi connectivity index (χ3n) is 10.2. The second-order valence-corrected chi connectivity index (χ2v) is 17.5. The summed E-state index contributed by atoms with van der Waals surface area (Å²) in [6, 6.07) is 0. The van der Waals surface area contributed by atoms with Gasteiger partial charge in [0.25, 0.3) is 0 Å². The molecule has 0 saturated carbocycles. The van der Waals surface area contributed by atoms with Crippen molar-refractivity contribution in [2.75, 3.05) is 26.4 Å². The van der Waals surface area contributed by atoms with Gasteiger partial charge in [0.1, 0.15) is 12.7 Å². The molecule has 0 fully saturated rings. The zero-order valence-electron chi connectivity index (χ0n) is 38.4. The molecule has 0 bridgehead atoms. The number of rotatable bonds is 45. The molecule has 0 spiro atoms. The number of aliphatic hydroxyl groups excluding tert-OH is 1. The van der Waals surface area contributed by atoms with Crippen LogP contribution in [0, 0.1) is 0 Å². The van der Waals surface area contributed by atoms with Gasteiger partial charge >= 0.3 is 13.8 Å². The Bertz CT molecular complexity index is 1170. The SMILES string of the molecule is CC/C=C\C/C=C\C/C=C\C/C=C\C/C=C\CCCCCC(=O)OCC(O)COP(=O)(O)OCCNC(=O)CCCCCCCCCCCCCCCCCCCCCC. The number of phosphoric ester groups is 1. The summed E-state index contributed by atoms with van der Waals surface area (Å²) in [5, 5.41) is 12.7. The first kappa shape index (κ1) is 57.7. The number of hydrogen-bond acceptors (Lipinski definition) is 7. The lowest BCUT2D eigenvalue weighted by atomic mass is 10.0. The standard InChI is InChI=1S/C50H90NO8P/c1-3-5-7-9-11-13-15-17-19-21-23-25-26-28-30-32-34-36-38-40-42-49(53)51-44-45-58-60(55,56)59-47-48(52)46-57-50(54)43-41-39-37-35-33-31-29-27-24-22-20-18-16-14-12-10-8-6-4-2/h6,8,12,14,18,20,24,27,31,33,48,52H,3-5,7,9-11,13,15-17,19,21-23,25-26,28-30,32,34-47H2,1-2H3,(H,51,53)(H,55,56)/b8-6-,14-12-,20-18-,27-24-,33-31-. The van der Waals surface area contributed by atoms with Crippen LogP contribution in [-0.2, 0) is 27.9 Å². The zero-order valence-corrected chi connectivity index (χ0v) is 39.3. The minimum atomic E-state index is -4.43. The fourth-order valence-corrected chi connectivity index (χ4v) is 7.34. The highest BCUT2D eigenvalue weighted by Gasteiger charge is 2.23. The topological polar surface area (TPSA) is 131 Å². The number of unbranched alkanes of at least 4 members (excludes halogenated alkanes) is 22. The van der Waals surface area contributed by atoms with Crippen molar-refractivity contribution in [2.24, 2.45) is 0 Å². The van der Waals surface area contributed by atoms with Crippen LogP contribution in [0.3, 0.4) is 0 Å². The van der Waals surface area contributed by atoms with Gasteiger partial charge in [0.05, 0.1) is 13.2 Å². The number of allylic oxidation sites excluding steroid dienone is 10. The van der Waals surface area contributed by atoms with E-state index in [1.165, 1.54) is 109 Å². The lowest BCUT2D eigenvalue weighted by Crippen LogP contribution is -2.27. The molecule has 0 rings (SSSR count). The molecule has 3 N–H and O–H groups in total. The van der Waals surface area contributed by atoms with Crippen molar-refractivity contribution in [3.63, 3.8) is 0 Å². The molecule has 0 saturated heterocycles. The van der Waals surface area contributed by atoms with E-state index in [1.807, 2.05) is 0 Å². The molecule has 0 aromatic carbocycles. The summed E-state index contributed by atoms with van der Waals surface area (Å²) in [7, 11) is -4.43. The highest BCUT2D eigenvalue weighted by atomic mass is 31.2. The Labute approximate surface area is 368 Å². The fourth-order valence-electron chi connectivity index (χ4n) is 6.58. The van der Waals surface area contributed by atoms with Crippen molar-refractivity contribution in [2.45, 2.75) is 219 Å². The lowest BCUT2D eigenvalue weighted by Gasteiger charge is -2.15. The molecule has 0 aromatic rings. The molecule has 0 aromatic heterocycles. The number of aliphatic hydroxyl groups is 1. The summed E-state index contributed by atoms with van der Waals surface area (Å²) >= 11 is 0. The first-order valence-corrected chi connectivity index (χ1v) is 25.8. The summed E-state index contributed by atoms with van der Waals surface area (Å²) in [6.07, 6.45) is 55.9. The van der Waals surface area contributed by atoms with E-state index in [-0.39, 0.29) is 32.1 Å². The number of hydrogen-bond donors (Lipinski definition) is 3. The average Bonchev–Trinajstić information content (AvgIpc) is 3.23. The normalized spacial score (nSPS) is 13.7. The molecule has 0 aliphatic carbocycles. The summed E-state index contributed by atoms with van der Waals surface area (Å²) in [6.45, 7) is 3.42. The summed E-state index contributed by atoms with van der Waals surface area (Å²) in [5.41, 5.74) is 0. The Hall–Kier alpha value is -2.29. The van der Waals surface area contributed by atoms with E-state index in [9.17, 15) is 24.2 Å². The van der Waals surface area contributed by atoms with E-state index in [1.54, 1.807) is 0 Å². The number of esters is 1. The fraction of sp³-hybridized carbons (Fsp3) is 0.760. The smallest absolute Gasteiger partial charge is 0.463 e. The van der Waals surface area contributed by atoms with Crippen molar-refractivity contribution in [3.8, 4) is 0 Å². The van der Waals surface area contributed by atoms with Gasteiger partial charge in [-0.2, -0.15) is 0 Å². The first-order chi connectivity index (χ1) is 29.3. The van der Waals surface area contributed by atoms with Gasteiger partial charge in [0, 0.05) is 19.4 Å². The second kappa shape index (κ2) is 46.2. The van der Waals surface area contributed by atoms with E-state index < -0.39 is 26.5 Å². The Balaban J connectivity index is 3.61. The van der Waals surface area contributed by atoms with E-state index >= 15 is 0 Å². The molecule has 0 radical (unpaired) electrons. The highest BCUT2D eigenvalue weighted by molar-refractivity contribution is 7.47. The molecular formula is C50H90NO8P. The highest BCUT2D eigenvalue weighted by Crippen LogP contribution is 2.42. The van der Waals surface area contributed by atoms with Crippen LogP contribution in [0.15, 0.2) is 60.8 Å². The maximum Gasteiger partial charge on any atom is 0.472 e. The van der Waals surface area contributed by atoms with E-state index in [2.05, 4.69) is 79.9 Å². The van der Waals surface area contributed by atoms with E-state index in [0.29, 0.717) is 12.8 Å². The molecule has 2 atom stereocenters. The number of phosphoric acid groups is 1. The number of nitrogens with one attached hydrogen (secondary N) is 1. The molecule has 0 aliphatic rings. The van der Waals surface area contributed by atoms with Gasteiger partial charge in [0.15, 0.2) is 0 Å². The van der Waals surface area contributed by atoms with Crippen LogP contribution in [-0.4, -0.2) is 54.3 Å². The van der Waals surface area contributed by atoms with Crippen molar-refractivity contribution < 1.29 is 37.9 Å². The van der Waals surface area contributed by atoms with Crippen LogP contribution in [0.5, 0.6) is 0 Å². The minimum Gasteiger partial charge on any atom is -0.463 e. The maximum absolute atomic E-state index is 12.1. The molecule has 1 amide bonds. The predicted molar refractivity (Wildman–Crippen MR) is 252 cm³/mol. The van der Waals surface area contributed by atoms with Gasteiger partial charge in [-0.15, -0.1) is 0 Å². The molecule has 9 nitrogen and oxygen atoms in total.